The molecule has 1 aromatic heterocycles. The molecule has 0 aliphatic carbocycles. The number of hydrogen-bond donors (Lipinski definition) is 2. The number of rotatable bonds is 7. The topological polar surface area (TPSA) is 115 Å². The zero-order chi connectivity index (χ0) is 22.7. The summed E-state index contributed by atoms with van der Waals surface area (Å²) >= 11 is 0. The molecule has 32 heavy (non-hydrogen) atoms. The Morgan fingerprint density at radius 3 is 2.72 bits per heavy atom. The van der Waals surface area contributed by atoms with Crippen LogP contribution in [0, 0.1) is 5.82 Å². The maximum atomic E-state index is 14.9. The number of nitrogens with two attached hydrogens (primary N) is 1. The van der Waals surface area contributed by atoms with Gasteiger partial charge in [-0.2, -0.15) is 0 Å². The molecule has 1 unspecified atom stereocenters. The van der Waals surface area contributed by atoms with Gasteiger partial charge in [0, 0.05) is 19.0 Å². The van der Waals surface area contributed by atoms with Gasteiger partial charge in [-0.3, -0.25) is 9.69 Å². The molecule has 1 atom stereocenters. The zero-order valence-corrected chi connectivity index (χ0v) is 17.5. The molecule has 9 nitrogen and oxygen atoms in total. The first kappa shape index (κ1) is 21.4. The van der Waals surface area contributed by atoms with E-state index in [-0.39, 0.29) is 19.0 Å². The Labute approximate surface area is 184 Å². The van der Waals surface area contributed by atoms with E-state index in [1.165, 1.54) is 17.9 Å². The quantitative estimate of drug-likeness (QED) is 0.583. The first-order valence-electron chi connectivity index (χ1n) is 10.1. The van der Waals surface area contributed by atoms with Crippen molar-refractivity contribution in [2.75, 3.05) is 18.0 Å². The second-order valence-electron chi connectivity index (χ2n) is 7.53. The average Bonchev–Trinajstić information content (AvgIpc) is 3.39. The summed E-state index contributed by atoms with van der Waals surface area (Å²) < 4.78 is 21.8. The highest BCUT2D eigenvalue weighted by atomic mass is 19.1. The summed E-state index contributed by atoms with van der Waals surface area (Å²) in [5, 5.41) is 10.6. The lowest BCUT2D eigenvalue weighted by atomic mass is 10.0. The maximum Gasteiger partial charge on any atom is 0.414 e. The summed E-state index contributed by atoms with van der Waals surface area (Å²) in [5.74, 6) is -0.653. The average molecular weight is 438 g/mol. The van der Waals surface area contributed by atoms with E-state index in [4.69, 9.17) is 10.5 Å². The highest BCUT2D eigenvalue weighted by Gasteiger charge is 2.32. The summed E-state index contributed by atoms with van der Waals surface area (Å²) in [7, 11) is 0. The molecule has 3 aromatic rings. The minimum Gasteiger partial charge on any atom is -0.442 e. The Hall–Kier alpha value is -3.79. The van der Waals surface area contributed by atoms with Crippen LogP contribution in [0.2, 0.25) is 0 Å². The second kappa shape index (κ2) is 9.15. The molecular formula is C22H23FN6O3. The van der Waals surface area contributed by atoms with Crippen molar-refractivity contribution >= 4 is 17.7 Å². The number of amides is 2. The fourth-order valence-electron chi connectivity index (χ4n) is 3.49. The molecule has 0 saturated carbocycles. The van der Waals surface area contributed by atoms with Crippen molar-refractivity contribution < 1.29 is 18.7 Å². The SMILES string of the molecule is CC(=O)NCC1CN(c2ccc(-c3ccc(Cn4cc(CN)nn4)cc3)c(F)c2)C(=O)O1. The van der Waals surface area contributed by atoms with Crippen LogP contribution in [-0.4, -0.2) is 46.2 Å². The first-order valence-corrected chi connectivity index (χ1v) is 10.1. The number of nitrogens with one attached hydrogen (secondary N) is 1. The molecule has 2 amide bonds. The lowest BCUT2D eigenvalue weighted by Crippen LogP contribution is -2.33. The van der Waals surface area contributed by atoms with E-state index < -0.39 is 18.0 Å². The molecule has 3 N–H and O–H groups in total. The third-order valence-electron chi connectivity index (χ3n) is 5.12. The molecule has 166 valence electrons. The van der Waals surface area contributed by atoms with Crippen LogP contribution in [0.25, 0.3) is 11.1 Å². The van der Waals surface area contributed by atoms with Crippen molar-refractivity contribution in [2.45, 2.75) is 26.1 Å². The molecule has 0 bridgehead atoms. The fourth-order valence-corrected chi connectivity index (χ4v) is 3.49. The van der Waals surface area contributed by atoms with Crippen LogP contribution in [0.15, 0.2) is 48.7 Å². The number of hydrogen-bond acceptors (Lipinski definition) is 6. The fraction of sp³-hybridized carbons (Fsp3) is 0.273. The number of halogens is 1. The van der Waals surface area contributed by atoms with Crippen molar-refractivity contribution in [1.82, 2.24) is 20.3 Å². The monoisotopic (exact) mass is 438 g/mol. The largest absolute Gasteiger partial charge is 0.442 e. The summed E-state index contributed by atoms with van der Waals surface area (Å²) in [6, 6.07) is 12.1. The molecule has 1 aliphatic rings. The van der Waals surface area contributed by atoms with Gasteiger partial charge in [0.15, 0.2) is 0 Å². The Bertz CT molecular complexity index is 1130. The number of carbonyl (C=O) groups excluding carboxylic acids is 2. The Kier molecular flexibility index (Phi) is 6.13. The summed E-state index contributed by atoms with van der Waals surface area (Å²) in [6.45, 7) is 2.71. The van der Waals surface area contributed by atoms with Gasteiger partial charge >= 0.3 is 6.09 Å². The lowest BCUT2D eigenvalue weighted by Gasteiger charge is -2.14. The van der Waals surface area contributed by atoms with Gasteiger partial charge in [-0.25, -0.2) is 13.9 Å². The molecule has 2 aromatic carbocycles. The molecule has 4 rings (SSSR count). The second-order valence-corrected chi connectivity index (χ2v) is 7.53. The van der Waals surface area contributed by atoms with Crippen molar-refractivity contribution in [3.05, 3.63) is 65.7 Å². The third kappa shape index (κ3) is 4.75. The van der Waals surface area contributed by atoms with E-state index in [1.54, 1.807) is 23.0 Å². The minimum atomic E-state index is -0.567. The number of ether oxygens (including phenoxy) is 1. The van der Waals surface area contributed by atoms with Gasteiger partial charge in [0.05, 0.1) is 37.2 Å². The van der Waals surface area contributed by atoms with Gasteiger partial charge in [0.2, 0.25) is 5.91 Å². The molecule has 2 heterocycles. The smallest absolute Gasteiger partial charge is 0.414 e. The van der Waals surface area contributed by atoms with E-state index in [9.17, 15) is 14.0 Å². The van der Waals surface area contributed by atoms with E-state index in [0.29, 0.717) is 35.6 Å². The number of nitrogens with zero attached hydrogens (tertiary/aromatic N) is 4. The highest BCUT2D eigenvalue weighted by molar-refractivity contribution is 5.90. The van der Waals surface area contributed by atoms with Gasteiger partial charge in [0.1, 0.15) is 11.9 Å². The van der Waals surface area contributed by atoms with Crippen LogP contribution >= 0.6 is 0 Å². The molecular weight excluding hydrogens is 415 g/mol. The molecule has 1 fully saturated rings. The van der Waals surface area contributed by atoms with Crippen LogP contribution in [0.3, 0.4) is 0 Å². The van der Waals surface area contributed by atoms with Gasteiger partial charge in [-0.1, -0.05) is 29.5 Å². The standard InChI is InChI=1S/C22H23FN6O3/c1-14(30)25-10-19-13-29(22(31)32-19)18-6-7-20(21(23)8-18)16-4-2-15(3-5-16)11-28-12-17(9-24)26-27-28/h2-8,12,19H,9-11,13,24H2,1H3,(H,25,30). The molecule has 1 saturated heterocycles. The van der Waals surface area contributed by atoms with Gasteiger partial charge < -0.3 is 15.8 Å². The Morgan fingerprint density at radius 2 is 2.06 bits per heavy atom. The normalized spacial score (nSPS) is 15.7. The van der Waals surface area contributed by atoms with Crippen molar-refractivity contribution in [2.24, 2.45) is 5.73 Å². The van der Waals surface area contributed by atoms with Crippen LogP contribution in [0.4, 0.5) is 14.9 Å². The number of cyclic esters (lactones) is 1. The van der Waals surface area contributed by atoms with Crippen LogP contribution < -0.4 is 16.0 Å². The Balaban J connectivity index is 1.45. The number of benzene rings is 2. The maximum absolute atomic E-state index is 14.9. The molecule has 10 heteroatoms. The number of anilines is 1. The van der Waals surface area contributed by atoms with Gasteiger partial charge in [-0.15, -0.1) is 5.10 Å². The predicted molar refractivity (Wildman–Crippen MR) is 115 cm³/mol. The predicted octanol–water partition coefficient (Wildman–Crippen LogP) is 2.05. The molecule has 0 spiro atoms. The summed E-state index contributed by atoms with van der Waals surface area (Å²) in [5.41, 5.74) is 8.80. The minimum absolute atomic E-state index is 0.206. The lowest BCUT2D eigenvalue weighted by molar-refractivity contribution is -0.119. The molecule has 1 aliphatic heterocycles. The van der Waals surface area contributed by atoms with Crippen LogP contribution in [-0.2, 0) is 22.6 Å². The zero-order valence-electron chi connectivity index (χ0n) is 17.5. The summed E-state index contributed by atoms with van der Waals surface area (Å²) in [4.78, 5) is 24.6. The van der Waals surface area contributed by atoms with Gasteiger partial charge in [-0.05, 0) is 29.3 Å². The van der Waals surface area contributed by atoms with E-state index in [0.717, 1.165) is 5.56 Å². The van der Waals surface area contributed by atoms with E-state index >= 15 is 0 Å². The van der Waals surface area contributed by atoms with E-state index in [1.807, 2.05) is 24.3 Å². The number of aromatic nitrogens is 3. The van der Waals surface area contributed by atoms with Crippen LogP contribution in [0.1, 0.15) is 18.2 Å². The van der Waals surface area contributed by atoms with Crippen molar-refractivity contribution in [3.8, 4) is 11.1 Å². The molecule has 0 radical (unpaired) electrons. The van der Waals surface area contributed by atoms with Gasteiger partial charge in [0.25, 0.3) is 0 Å². The first-order chi connectivity index (χ1) is 15.4. The van der Waals surface area contributed by atoms with Crippen molar-refractivity contribution in [3.63, 3.8) is 0 Å². The number of carbonyl (C=O) groups is 2. The summed E-state index contributed by atoms with van der Waals surface area (Å²) in [6.07, 6.45) is 0.742. The van der Waals surface area contributed by atoms with E-state index in [2.05, 4.69) is 15.6 Å². The van der Waals surface area contributed by atoms with Crippen molar-refractivity contribution in [1.29, 1.82) is 0 Å². The third-order valence-corrected chi connectivity index (χ3v) is 5.12. The highest BCUT2D eigenvalue weighted by Crippen LogP contribution is 2.29. The Morgan fingerprint density at radius 1 is 1.28 bits per heavy atom. The van der Waals surface area contributed by atoms with Crippen LogP contribution in [0.5, 0.6) is 0 Å².